The van der Waals surface area contributed by atoms with E-state index in [-0.39, 0.29) is 0 Å². The molecule has 0 aliphatic rings. The van der Waals surface area contributed by atoms with Crippen molar-refractivity contribution < 1.29 is 14.7 Å². The van der Waals surface area contributed by atoms with E-state index in [1.807, 2.05) is 0 Å². The maximum absolute atomic E-state index is 8.17. The van der Waals surface area contributed by atoms with E-state index in [2.05, 4.69) is 0 Å². The van der Waals surface area contributed by atoms with Crippen LogP contribution in [0.15, 0.2) is 0 Å². The Morgan fingerprint density at radius 2 is 1.86 bits per heavy atom. The molecule has 0 rings (SSSR count). The monoisotopic (exact) mass is 142 g/mol. The van der Waals surface area contributed by atoms with E-state index in [0.717, 1.165) is 0 Å². The summed E-state index contributed by atoms with van der Waals surface area (Å²) in [4.78, 5) is 24.5. The van der Waals surface area contributed by atoms with Gasteiger partial charge >= 0.3 is 6.72 Å². The van der Waals surface area contributed by atoms with Gasteiger partial charge in [-0.2, -0.15) is 0 Å². The maximum atomic E-state index is 8.17. The summed E-state index contributed by atoms with van der Waals surface area (Å²) in [7, 11) is 0.641. The Morgan fingerprint density at radius 1 is 1.43 bits per heavy atom. The van der Waals surface area contributed by atoms with Crippen LogP contribution in [0.25, 0.3) is 0 Å². The Kier molecular flexibility index (Phi) is 2.80. The van der Waals surface area contributed by atoms with Crippen LogP contribution in [0.2, 0.25) is 0 Å². The van der Waals surface area contributed by atoms with Crippen LogP contribution >= 0.6 is 6.72 Å². The minimum Gasteiger partial charge on any atom is -0.325 e. The van der Waals surface area contributed by atoms with Gasteiger partial charge < -0.3 is 14.7 Å². The lowest BCUT2D eigenvalue weighted by atomic mass is 11.0. The van der Waals surface area contributed by atoms with Crippen LogP contribution in [0.1, 0.15) is 6.92 Å². The average molecular weight is 142 g/mol. The molecule has 0 aromatic carbocycles. The molecule has 0 atom stereocenters. The SMILES string of the molecule is CC=S=P(O)(O)O. The standard InChI is InChI=1S/C2H7O3PS/c1-2-7-6(3,4)5/h2-5H,1H3. The zero-order valence-corrected chi connectivity index (χ0v) is 5.49. The van der Waals surface area contributed by atoms with Crippen molar-refractivity contribution in [1.82, 2.24) is 0 Å². The third-order valence-electron chi connectivity index (χ3n) is 0.247. The van der Waals surface area contributed by atoms with Gasteiger partial charge in [-0.05, 0) is 12.3 Å². The van der Waals surface area contributed by atoms with Gasteiger partial charge in [-0.25, -0.2) is 0 Å². The fourth-order valence-electron chi connectivity index (χ4n) is 0.141. The van der Waals surface area contributed by atoms with Crippen LogP contribution in [0.3, 0.4) is 0 Å². The molecule has 5 heteroatoms. The van der Waals surface area contributed by atoms with E-state index in [9.17, 15) is 0 Å². The smallest absolute Gasteiger partial charge is 0.308 e. The van der Waals surface area contributed by atoms with Crippen molar-refractivity contribution in [3.05, 3.63) is 0 Å². The molecule has 0 bridgehead atoms. The fraction of sp³-hybridized carbons (Fsp3) is 0.500. The second-order valence-electron chi connectivity index (χ2n) is 0.854. The lowest BCUT2D eigenvalue weighted by molar-refractivity contribution is 0.363. The predicted molar refractivity (Wildman–Crippen MR) is 32.7 cm³/mol. The minimum absolute atomic E-state index is 0.641. The van der Waals surface area contributed by atoms with Crippen LogP contribution in [0.4, 0.5) is 0 Å². The first kappa shape index (κ1) is 7.40. The normalized spacial score (nSPS) is 10.9. The molecule has 0 spiro atoms. The first-order valence-corrected chi connectivity index (χ1v) is 4.73. The fourth-order valence-corrected chi connectivity index (χ4v) is 1.27. The van der Waals surface area contributed by atoms with Crippen LogP contribution in [-0.4, -0.2) is 20.0 Å². The Labute approximate surface area is 45.0 Å². The third kappa shape index (κ3) is 6.40. The molecule has 0 aromatic heterocycles. The van der Waals surface area contributed by atoms with Crippen LogP contribution < -0.4 is 0 Å². The zero-order chi connectivity index (χ0) is 5.91. The third-order valence-corrected chi connectivity index (χ3v) is 2.22. The molecule has 0 aromatic rings. The van der Waals surface area contributed by atoms with Gasteiger partial charge in [0.25, 0.3) is 0 Å². The van der Waals surface area contributed by atoms with Crippen LogP contribution in [-0.2, 0) is 10.5 Å². The highest BCUT2D eigenvalue weighted by atomic mass is 32.5. The first-order valence-electron chi connectivity index (χ1n) is 1.60. The highest BCUT2D eigenvalue weighted by Gasteiger charge is 1.94. The summed E-state index contributed by atoms with van der Waals surface area (Å²) in [6, 6.07) is 0. The molecule has 0 fully saturated rings. The van der Waals surface area contributed by atoms with Crippen molar-refractivity contribution in [1.29, 1.82) is 0 Å². The van der Waals surface area contributed by atoms with Crippen molar-refractivity contribution >= 4 is 22.6 Å². The van der Waals surface area contributed by atoms with E-state index in [1.165, 1.54) is 5.37 Å². The van der Waals surface area contributed by atoms with E-state index in [0.29, 0.717) is 10.5 Å². The molecular formula is C2H7O3PS. The zero-order valence-electron chi connectivity index (χ0n) is 3.77. The van der Waals surface area contributed by atoms with Crippen molar-refractivity contribution in [3.63, 3.8) is 0 Å². The largest absolute Gasteiger partial charge is 0.325 e. The van der Waals surface area contributed by atoms with Gasteiger partial charge in [0.15, 0.2) is 0 Å². The minimum atomic E-state index is -3.55. The molecule has 0 saturated carbocycles. The predicted octanol–water partition coefficient (Wildman–Crippen LogP) is -0.454. The van der Waals surface area contributed by atoms with Gasteiger partial charge in [0.2, 0.25) is 0 Å². The quantitative estimate of drug-likeness (QED) is 0.317. The van der Waals surface area contributed by atoms with Crippen LogP contribution in [0.5, 0.6) is 0 Å². The first-order chi connectivity index (χ1) is 3.06. The second kappa shape index (κ2) is 2.64. The molecule has 0 heterocycles. The molecule has 3 N–H and O–H groups in total. The van der Waals surface area contributed by atoms with Gasteiger partial charge in [0.05, 0.1) is 0 Å². The maximum Gasteiger partial charge on any atom is 0.308 e. The molecule has 0 aliphatic carbocycles. The second-order valence-corrected chi connectivity index (χ2v) is 4.67. The number of rotatable bonds is 0. The summed E-state index contributed by atoms with van der Waals surface area (Å²) in [6.07, 6.45) is 0. The summed E-state index contributed by atoms with van der Waals surface area (Å²) in [5, 5.41) is 1.42. The van der Waals surface area contributed by atoms with Gasteiger partial charge in [-0.1, -0.05) is 10.5 Å². The van der Waals surface area contributed by atoms with Gasteiger partial charge in [-0.3, -0.25) is 0 Å². The molecule has 0 aliphatic heterocycles. The van der Waals surface area contributed by atoms with Crippen molar-refractivity contribution in [2.24, 2.45) is 0 Å². The number of hydrogen-bond acceptors (Lipinski definition) is 0. The van der Waals surface area contributed by atoms with E-state index in [4.69, 9.17) is 14.7 Å². The molecule has 3 nitrogen and oxygen atoms in total. The lowest BCUT2D eigenvalue weighted by Gasteiger charge is -1.92. The average Bonchev–Trinajstić information content (AvgIpc) is 1.30. The summed E-state index contributed by atoms with van der Waals surface area (Å²) in [6.45, 7) is -1.94. The summed E-state index contributed by atoms with van der Waals surface area (Å²) < 4.78 is 0. The van der Waals surface area contributed by atoms with Crippen molar-refractivity contribution in [2.45, 2.75) is 6.92 Å². The Hall–Kier alpha value is 0.400. The van der Waals surface area contributed by atoms with Gasteiger partial charge in [0.1, 0.15) is 0 Å². The highest BCUT2D eigenvalue weighted by molar-refractivity contribution is 8.15. The van der Waals surface area contributed by atoms with Crippen molar-refractivity contribution in [2.75, 3.05) is 0 Å². The molecule has 44 valence electrons. The number of hydrogen-bond donors (Lipinski definition) is 3. The van der Waals surface area contributed by atoms with Crippen LogP contribution in [0, 0.1) is 0 Å². The molecular weight excluding hydrogens is 135 g/mol. The molecule has 0 radical (unpaired) electrons. The van der Waals surface area contributed by atoms with E-state index < -0.39 is 6.72 Å². The summed E-state index contributed by atoms with van der Waals surface area (Å²) in [5.41, 5.74) is 0. The Morgan fingerprint density at radius 3 is 1.86 bits per heavy atom. The van der Waals surface area contributed by atoms with E-state index >= 15 is 0 Å². The van der Waals surface area contributed by atoms with Gasteiger partial charge in [0, 0.05) is 0 Å². The molecule has 0 amide bonds. The molecule has 0 unspecified atom stereocenters. The summed E-state index contributed by atoms with van der Waals surface area (Å²) >= 11 is 0. The Balaban J connectivity index is 4.31. The molecule has 7 heavy (non-hydrogen) atoms. The molecule has 0 saturated heterocycles. The Bertz CT molecular complexity index is 122. The summed E-state index contributed by atoms with van der Waals surface area (Å²) in [5.74, 6) is 0. The van der Waals surface area contributed by atoms with Crippen molar-refractivity contribution in [3.8, 4) is 0 Å². The van der Waals surface area contributed by atoms with Gasteiger partial charge in [-0.15, -0.1) is 0 Å². The van der Waals surface area contributed by atoms with E-state index in [1.54, 1.807) is 6.92 Å². The highest BCUT2D eigenvalue weighted by Crippen LogP contribution is 2.28. The lowest BCUT2D eigenvalue weighted by Crippen LogP contribution is -1.70. The topological polar surface area (TPSA) is 60.7 Å².